The van der Waals surface area contributed by atoms with Gasteiger partial charge in [0, 0.05) is 26.1 Å². The molecule has 0 unspecified atom stereocenters. The highest BCUT2D eigenvalue weighted by Gasteiger charge is 2.31. The van der Waals surface area contributed by atoms with E-state index in [0.717, 1.165) is 24.8 Å². The predicted molar refractivity (Wildman–Crippen MR) is 112 cm³/mol. The molecule has 5 nitrogen and oxygen atoms in total. The van der Waals surface area contributed by atoms with Crippen molar-refractivity contribution in [1.29, 1.82) is 0 Å². The molecular weight excluding hydrogens is 364 g/mol. The lowest BCUT2D eigenvalue weighted by atomic mass is 9.79. The summed E-state index contributed by atoms with van der Waals surface area (Å²) in [6.45, 7) is 1.80. The fraction of sp³-hybridized carbons (Fsp3) is 0.417. The summed E-state index contributed by atoms with van der Waals surface area (Å²) >= 11 is 0. The number of nitrogens with one attached hydrogen (secondary N) is 1. The quantitative estimate of drug-likeness (QED) is 0.843. The largest absolute Gasteiger partial charge is 0.445 e. The van der Waals surface area contributed by atoms with Gasteiger partial charge in [0.2, 0.25) is 0 Å². The third-order valence-corrected chi connectivity index (χ3v) is 5.97. The number of amides is 1. The molecule has 2 aromatic carbocycles. The molecule has 1 amide bonds. The maximum Gasteiger partial charge on any atom is 0.410 e. The summed E-state index contributed by atoms with van der Waals surface area (Å²) in [4.78, 5) is 27.1. The molecule has 1 N–H and O–H groups in total. The molecule has 0 radical (unpaired) electrons. The van der Waals surface area contributed by atoms with Gasteiger partial charge in [-0.2, -0.15) is 0 Å². The Kier molecular flexibility index (Phi) is 6.25. The maximum atomic E-state index is 13.0. The first-order valence-corrected chi connectivity index (χ1v) is 10.5. The number of carbonyl (C=O) groups excluding carboxylic acids is 2. The molecular formula is C24H28N2O3. The first kappa shape index (κ1) is 19.6. The number of hydrogen-bond donors (Lipinski definition) is 1. The number of carbonyl (C=O) groups is 2. The highest BCUT2D eigenvalue weighted by Crippen LogP contribution is 2.34. The molecule has 1 fully saturated rings. The minimum Gasteiger partial charge on any atom is -0.445 e. The van der Waals surface area contributed by atoms with Crippen molar-refractivity contribution in [2.45, 2.75) is 44.2 Å². The van der Waals surface area contributed by atoms with Crippen LogP contribution in [0.1, 0.15) is 41.9 Å². The van der Waals surface area contributed by atoms with Gasteiger partial charge in [-0.05, 0) is 41.9 Å². The van der Waals surface area contributed by atoms with Crippen LogP contribution in [-0.2, 0) is 22.6 Å². The second kappa shape index (κ2) is 9.23. The third-order valence-electron chi connectivity index (χ3n) is 5.97. The molecule has 1 aliphatic carbocycles. The Hall–Kier alpha value is -2.66. The van der Waals surface area contributed by atoms with E-state index in [4.69, 9.17) is 4.74 Å². The van der Waals surface area contributed by atoms with Crippen molar-refractivity contribution in [3.63, 3.8) is 0 Å². The van der Waals surface area contributed by atoms with Crippen molar-refractivity contribution in [3.8, 4) is 0 Å². The SMILES string of the molecule is O=C(C[C@@H]1CCCc2ccccc21)[C@@H]1CN(C(=O)OCc2ccccc2)CCN1. The lowest BCUT2D eigenvalue weighted by molar-refractivity contribution is -0.122. The summed E-state index contributed by atoms with van der Waals surface area (Å²) < 4.78 is 5.44. The van der Waals surface area contributed by atoms with Gasteiger partial charge in [0.15, 0.2) is 5.78 Å². The Bertz CT molecular complexity index is 852. The minimum atomic E-state index is -0.351. The summed E-state index contributed by atoms with van der Waals surface area (Å²) in [6.07, 6.45) is 3.46. The third kappa shape index (κ3) is 4.85. The van der Waals surface area contributed by atoms with Crippen LogP contribution in [0.4, 0.5) is 4.79 Å². The molecule has 2 atom stereocenters. The Morgan fingerprint density at radius 1 is 1.07 bits per heavy atom. The fourth-order valence-corrected chi connectivity index (χ4v) is 4.39. The van der Waals surface area contributed by atoms with E-state index in [1.54, 1.807) is 4.90 Å². The number of rotatable bonds is 5. The van der Waals surface area contributed by atoms with Crippen LogP contribution in [0.25, 0.3) is 0 Å². The number of hydrogen-bond acceptors (Lipinski definition) is 4. The average Bonchev–Trinajstić information content (AvgIpc) is 2.78. The summed E-state index contributed by atoms with van der Waals surface area (Å²) in [5.41, 5.74) is 3.65. The number of ketones is 1. The Morgan fingerprint density at radius 2 is 1.86 bits per heavy atom. The molecule has 4 rings (SSSR count). The zero-order valence-corrected chi connectivity index (χ0v) is 16.7. The van der Waals surface area contributed by atoms with Crippen LogP contribution in [0.2, 0.25) is 0 Å². The summed E-state index contributed by atoms with van der Waals surface area (Å²) in [6, 6.07) is 17.8. The van der Waals surface area contributed by atoms with Crippen molar-refractivity contribution >= 4 is 11.9 Å². The van der Waals surface area contributed by atoms with Gasteiger partial charge in [-0.15, -0.1) is 0 Å². The standard InChI is InChI=1S/C24H28N2O3/c27-23(15-20-11-6-10-19-9-4-5-12-21(19)20)22-16-26(14-13-25-22)24(28)29-17-18-7-2-1-3-8-18/h1-5,7-9,12,20,22,25H,6,10-11,13-17H2/t20-,22-/m0/s1. The molecule has 2 aliphatic rings. The molecule has 0 bridgehead atoms. The second-order valence-corrected chi connectivity index (χ2v) is 7.95. The first-order valence-electron chi connectivity index (χ1n) is 10.5. The molecule has 1 heterocycles. The zero-order chi connectivity index (χ0) is 20.1. The normalized spacial score (nSPS) is 21.3. The number of piperazine rings is 1. The van der Waals surface area contributed by atoms with Crippen LogP contribution < -0.4 is 5.32 Å². The van der Waals surface area contributed by atoms with Gasteiger partial charge in [-0.1, -0.05) is 54.6 Å². The van der Waals surface area contributed by atoms with E-state index in [0.29, 0.717) is 26.1 Å². The minimum absolute atomic E-state index is 0.187. The van der Waals surface area contributed by atoms with Crippen LogP contribution in [0.15, 0.2) is 54.6 Å². The van der Waals surface area contributed by atoms with Gasteiger partial charge < -0.3 is 15.0 Å². The predicted octanol–water partition coefficient (Wildman–Crippen LogP) is 3.68. The number of aryl methyl sites for hydroxylation is 1. The summed E-state index contributed by atoms with van der Waals surface area (Å²) in [5, 5.41) is 3.29. The molecule has 0 spiro atoms. The molecule has 2 aromatic rings. The van der Waals surface area contributed by atoms with E-state index in [9.17, 15) is 9.59 Å². The van der Waals surface area contributed by atoms with Gasteiger partial charge in [-0.25, -0.2) is 4.79 Å². The number of Topliss-reactive ketones (excluding diaryl/α,β-unsaturated/α-hetero) is 1. The molecule has 1 aliphatic heterocycles. The van der Waals surface area contributed by atoms with E-state index in [1.165, 1.54) is 11.1 Å². The zero-order valence-electron chi connectivity index (χ0n) is 16.7. The van der Waals surface area contributed by atoms with E-state index in [2.05, 4.69) is 29.6 Å². The molecule has 152 valence electrons. The molecule has 5 heteroatoms. The van der Waals surface area contributed by atoms with Crippen LogP contribution in [0, 0.1) is 0 Å². The molecule has 1 saturated heterocycles. The Labute approximate surface area is 172 Å². The Morgan fingerprint density at radius 3 is 2.72 bits per heavy atom. The van der Waals surface area contributed by atoms with Crippen molar-refractivity contribution in [3.05, 3.63) is 71.3 Å². The number of nitrogens with zero attached hydrogens (tertiary/aromatic N) is 1. The summed E-state index contributed by atoms with van der Waals surface area (Å²) in [7, 11) is 0. The number of ether oxygens (including phenoxy) is 1. The van der Waals surface area contributed by atoms with E-state index in [1.807, 2.05) is 30.3 Å². The lowest BCUT2D eigenvalue weighted by Crippen LogP contribution is -2.56. The summed E-state index contributed by atoms with van der Waals surface area (Å²) in [5.74, 6) is 0.474. The monoisotopic (exact) mass is 392 g/mol. The van der Waals surface area contributed by atoms with Crippen molar-refractivity contribution in [2.75, 3.05) is 19.6 Å². The van der Waals surface area contributed by atoms with Crippen molar-refractivity contribution < 1.29 is 14.3 Å². The molecule has 0 aromatic heterocycles. The van der Waals surface area contributed by atoms with Crippen molar-refractivity contribution in [1.82, 2.24) is 10.2 Å². The van der Waals surface area contributed by atoms with Gasteiger partial charge in [0.05, 0.1) is 6.04 Å². The van der Waals surface area contributed by atoms with Crippen molar-refractivity contribution in [2.24, 2.45) is 0 Å². The van der Waals surface area contributed by atoms with Crippen LogP contribution >= 0.6 is 0 Å². The Balaban J connectivity index is 1.32. The highest BCUT2D eigenvalue weighted by atomic mass is 16.6. The highest BCUT2D eigenvalue weighted by molar-refractivity contribution is 5.86. The maximum absolute atomic E-state index is 13.0. The van der Waals surface area contributed by atoms with Crippen LogP contribution in [0.5, 0.6) is 0 Å². The number of benzene rings is 2. The first-order chi connectivity index (χ1) is 14.2. The van der Waals surface area contributed by atoms with E-state index >= 15 is 0 Å². The smallest absolute Gasteiger partial charge is 0.410 e. The van der Waals surface area contributed by atoms with E-state index < -0.39 is 0 Å². The molecule has 29 heavy (non-hydrogen) atoms. The second-order valence-electron chi connectivity index (χ2n) is 7.95. The lowest BCUT2D eigenvalue weighted by Gasteiger charge is -2.33. The average molecular weight is 392 g/mol. The number of fused-ring (bicyclic) bond motifs is 1. The molecule has 0 saturated carbocycles. The van der Waals surface area contributed by atoms with Gasteiger partial charge >= 0.3 is 6.09 Å². The van der Waals surface area contributed by atoms with Gasteiger partial charge in [0.25, 0.3) is 0 Å². The van der Waals surface area contributed by atoms with Gasteiger partial charge in [0.1, 0.15) is 6.61 Å². The van der Waals surface area contributed by atoms with Crippen LogP contribution in [-0.4, -0.2) is 42.5 Å². The topological polar surface area (TPSA) is 58.6 Å². The fourth-order valence-electron chi connectivity index (χ4n) is 4.39. The van der Waals surface area contributed by atoms with Crippen LogP contribution in [0.3, 0.4) is 0 Å². The van der Waals surface area contributed by atoms with Gasteiger partial charge in [-0.3, -0.25) is 4.79 Å². The van der Waals surface area contributed by atoms with E-state index in [-0.39, 0.29) is 30.4 Å².